The van der Waals surface area contributed by atoms with Crippen molar-refractivity contribution in [3.05, 3.63) is 35.9 Å². The van der Waals surface area contributed by atoms with Crippen molar-refractivity contribution in [2.24, 2.45) is 0 Å². The van der Waals surface area contributed by atoms with E-state index in [1.54, 1.807) is 30.3 Å². The van der Waals surface area contributed by atoms with Crippen molar-refractivity contribution in [3.63, 3.8) is 0 Å². The molecule has 0 spiro atoms. The lowest BCUT2D eigenvalue weighted by molar-refractivity contribution is -0.0304. The lowest BCUT2D eigenvalue weighted by Gasteiger charge is -2.40. The van der Waals surface area contributed by atoms with Gasteiger partial charge in [-0.1, -0.05) is 30.3 Å². The molecule has 2 unspecified atom stereocenters. The molecule has 1 aliphatic rings. The van der Waals surface area contributed by atoms with Gasteiger partial charge in [0.05, 0.1) is 0 Å². The van der Waals surface area contributed by atoms with Crippen LogP contribution in [0.2, 0.25) is 0 Å². The van der Waals surface area contributed by atoms with E-state index in [1.807, 2.05) is 0 Å². The molecular weight excluding hydrogens is 278 g/mol. The van der Waals surface area contributed by atoms with Crippen molar-refractivity contribution >= 4 is 15.2 Å². The molecule has 0 aromatic heterocycles. The van der Waals surface area contributed by atoms with Crippen LogP contribution >= 0.6 is 15.2 Å². The van der Waals surface area contributed by atoms with Crippen molar-refractivity contribution in [3.8, 4) is 0 Å². The minimum atomic E-state index is -4.27. The molecule has 1 aromatic carbocycles. The molecule has 1 heterocycles. The van der Waals surface area contributed by atoms with Crippen LogP contribution in [0.25, 0.3) is 0 Å². The Labute approximate surface area is 105 Å². The van der Waals surface area contributed by atoms with Gasteiger partial charge in [0.2, 0.25) is 6.29 Å². The minimum Gasteiger partial charge on any atom is -0.323 e. The van der Waals surface area contributed by atoms with E-state index in [-0.39, 0.29) is 0 Å². The molecule has 0 bridgehead atoms. The van der Waals surface area contributed by atoms with Gasteiger partial charge in [-0.15, -0.1) is 0 Å². The van der Waals surface area contributed by atoms with Gasteiger partial charge in [-0.05, 0) is 13.8 Å². The van der Waals surface area contributed by atoms with Crippen molar-refractivity contribution in [1.29, 1.82) is 0 Å². The SMILES string of the molecule is CC1(C)P(=O)(O)OC(c2ccccc2)OP1(=O)O. The molecular formula is C10H14O6P2. The molecule has 1 aromatic rings. The highest BCUT2D eigenvalue weighted by atomic mass is 31.2. The zero-order valence-corrected chi connectivity index (χ0v) is 11.7. The van der Waals surface area contributed by atoms with Gasteiger partial charge in [0.1, 0.15) is 0 Å². The van der Waals surface area contributed by atoms with E-state index < -0.39 is 26.4 Å². The van der Waals surface area contributed by atoms with Gasteiger partial charge in [-0.2, -0.15) is 0 Å². The molecule has 0 amide bonds. The van der Waals surface area contributed by atoms with E-state index >= 15 is 0 Å². The van der Waals surface area contributed by atoms with Gasteiger partial charge in [-0.25, -0.2) is 0 Å². The highest BCUT2D eigenvalue weighted by molar-refractivity contribution is 7.73. The highest BCUT2D eigenvalue weighted by Crippen LogP contribution is 2.79. The summed E-state index contributed by atoms with van der Waals surface area (Å²) in [5, 5.41) is 0. The summed E-state index contributed by atoms with van der Waals surface area (Å²) in [5.41, 5.74) is 0.413. The molecule has 1 aliphatic heterocycles. The van der Waals surface area contributed by atoms with Crippen LogP contribution in [0.5, 0.6) is 0 Å². The number of hydrogen-bond donors (Lipinski definition) is 2. The fourth-order valence-corrected chi connectivity index (χ4v) is 4.42. The van der Waals surface area contributed by atoms with Crippen LogP contribution in [0.15, 0.2) is 30.3 Å². The first-order valence-corrected chi connectivity index (χ1v) is 8.40. The van der Waals surface area contributed by atoms with Crippen molar-refractivity contribution in [1.82, 2.24) is 0 Å². The van der Waals surface area contributed by atoms with E-state index in [9.17, 15) is 18.9 Å². The Hall–Kier alpha value is -0.480. The summed E-state index contributed by atoms with van der Waals surface area (Å²) in [6, 6.07) is 8.26. The van der Waals surface area contributed by atoms with Crippen molar-refractivity contribution < 1.29 is 28.0 Å². The molecule has 18 heavy (non-hydrogen) atoms. The second-order valence-corrected chi connectivity index (χ2v) is 9.58. The Morgan fingerprint density at radius 2 is 1.50 bits per heavy atom. The second-order valence-electron chi connectivity index (χ2n) is 4.49. The molecule has 0 saturated carbocycles. The van der Waals surface area contributed by atoms with E-state index in [0.29, 0.717) is 5.56 Å². The zero-order valence-electron chi connectivity index (χ0n) is 9.89. The van der Waals surface area contributed by atoms with Crippen molar-refractivity contribution in [2.45, 2.75) is 25.0 Å². The van der Waals surface area contributed by atoms with Crippen LogP contribution in [0, 0.1) is 0 Å². The topological polar surface area (TPSA) is 93.1 Å². The normalized spacial score (nSPS) is 39.4. The number of hydrogen-bond acceptors (Lipinski definition) is 4. The van der Waals surface area contributed by atoms with Crippen LogP contribution in [0.4, 0.5) is 0 Å². The highest BCUT2D eigenvalue weighted by Gasteiger charge is 2.61. The summed E-state index contributed by atoms with van der Waals surface area (Å²) >= 11 is 0. The molecule has 1 fully saturated rings. The fraction of sp³-hybridized carbons (Fsp3) is 0.400. The van der Waals surface area contributed by atoms with Gasteiger partial charge in [0.25, 0.3) is 0 Å². The van der Waals surface area contributed by atoms with E-state index in [0.717, 1.165) is 0 Å². The summed E-state index contributed by atoms with van der Waals surface area (Å²) in [6.45, 7) is 2.35. The monoisotopic (exact) mass is 292 g/mol. The van der Waals surface area contributed by atoms with Crippen molar-refractivity contribution in [2.75, 3.05) is 0 Å². The Bertz CT molecular complexity index is 513. The average molecular weight is 292 g/mol. The van der Waals surface area contributed by atoms with Crippen LogP contribution in [-0.4, -0.2) is 14.7 Å². The van der Waals surface area contributed by atoms with E-state index in [4.69, 9.17) is 9.05 Å². The van der Waals surface area contributed by atoms with E-state index in [1.165, 1.54) is 13.8 Å². The van der Waals surface area contributed by atoms with Crippen LogP contribution in [-0.2, 0) is 18.2 Å². The first kappa shape index (κ1) is 13.9. The minimum absolute atomic E-state index is 0.413. The number of rotatable bonds is 1. The third-order valence-corrected chi connectivity index (χ3v) is 8.17. The maximum absolute atomic E-state index is 12.0. The maximum Gasteiger partial charge on any atom is 0.348 e. The molecule has 100 valence electrons. The summed E-state index contributed by atoms with van der Waals surface area (Å²) < 4.78 is 33.9. The molecule has 1 saturated heterocycles. The number of benzene rings is 1. The molecule has 8 heteroatoms. The molecule has 0 aliphatic carbocycles. The molecule has 2 N–H and O–H groups in total. The Morgan fingerprint density at radius 3 is 1.94 bits per heavy atom. The largest absolute Gasteiger partial charge is 0.348 e. The molecule has 2 atom stereocenters. The second kappa shape index (κ2) is 4.27. The van der Waals surface area contributed by atoms with Gasteiger partial charge in [0, 0.05) is 5.56 Å². The standard InChI is InChI=1S/C10H14O6P2/c1-10(2)17(11,12)15-9(16-18(10,13)14)8-6-4-3-5-7-8/h3-7,9H,1-2H3,(H,11,12)(H,13,14). The maximum atomic E-state index is 12.0. The van der Waals surface area contributed by atoms with Crippen LogP contribution in [0.1, 0.15) is 25.7 Å². The third-order valence-electron chi connectivity index (χ3n) is 2.93. The quantitative estimate of drug-likeness (QED) is 0.773. The summed E-state index contributed by atoms with van der Waals surface area (Å²) in [7, 11) is -8.54. The predicted molar refractivity (Wildman–Crippen MR) is 65.1 cm³/mol. The zero-order chi connectivity index (χ0) is 13.6. The Balaban J connectivity index is 2.42. The lowest BCUT2D eigenvalue weighted by atomic mass is 10.2. The summed E-state index contributed by atoms with van der Waals surface area (Å²) in [5.74, 6) is 0. The summed E-state index contributed by atoms with van der Waals surface area (Å²) in [4.78, 5) is 17.7. The third kappa shape index (κ3) is 2.10. The van der Waals surface area contributed by atoms with Crippen LogP contribution < -0.4 is 0 Å². The average Bonchev–Trinajstić information content (AvgIpc) is 2.27. The van der Waals surface area contributed by atoms with E-state index in [2.05, 4.69) is 0 Å². The predicted octanol–water partition coefficient (Wildman–Crippen LogP) is 2.84. The van der Waals surface area contributed by atoms with Gasteiger partial charge in [0.15, 0.2) is 4.90 Å². The molecule has 6 nitrogen and oxygen atoms in total. The fourth-order valence-electron chi connectivity index (χ4n) is 1.43. The van der Waals surface area contributed by atoms with Crippen LogP contribution in [0.3, 0.4) is 0 Å². The Morgan fingerprint density at radius 1 is 1.06 bits per heavy atom. The molecule has 2 rings (SSSR count). The molecule has 0 radical (unpaired) electrons. The Kier molecular flexibility index (Phi) is 3.31. The smallest absolute Gasteiger partial charge is 0.323 e. The lowest BCUT2D eigenvalue weighted by Crippen LogP contribution is -2.30. The van der Waals surface area contributed by atoms with Gasteiger partial charge in [-0.3, -0.25) is 18.2 Å². The first-order valence-electron chi connectivity index (χ1n) is 5.25. The van der Waals surface area contributed by atoms with Gasteiger partial charge >= 0.3 is 15.2 Å². The first-order chi connectivity index (χ1) is 8.17. The van der Waals surface area contributed by atoms with Gasteiger partial charge < -0.3 is 9.79 Å². The summed E-state index contributed by atoms with van der Waals surface area (Å²) in [6.07, 6.45) is -1.31.